The molecule has 8 heavy (non-hydrogen) atoms. The number of hydrogen-bond donors (Lipinski definition) is 1. The summed E-state index contributed by atoms with van der Waals surface area (Å²) in [6.45, 7) is 4.11. The highest BCUT2D eigenvalue weighted by molar-refractivity contribution is 7.96. The first-order valence-corrected chi connectivity index (χ1v) is 3.73. The van der Waals surface area contributed by atoms with Crippen LogP contribution >= 0.6 is 11.9 Å². The summed E-state index contributed by atoms with van der Waals surface area (Å²) in [6, 6.07) is 0.433. The second-order valence-electron chi connectivity index (χ2n) is 1.77. The Balaban J connectivity index is 3.51. The molecule has 0 heterocycles. The summed E-state index contributed by atoms with van der Waals surface area (Å²) in [4.78, 5) is 0. The Morgan fingerprint density at radius 2 is 2.12 bits per heavy atom. The summed E-state index contributed by atoms with van der Waals surface area (Å²) in [5, 5.41) is 6.87. The molecule has 0 saturated carbocycles. The van der Waals surface area contributed by atoms with E-state index in [4.69, 9.17) is 5.41 Å². The molecule has 0 spiro atoms. The van der Waals surface area contributed by atoms with Crippen LogP contribution in [0.15, 0.2) is 0 Å². The lowest BCUT2D eigenvalue weighted by molar-refractivity contribution is 0.562. The lowest BCUT2D eigenvalue weighted by atomic mass is 10.4. The van der Waals surface area contributed by atoms with Crippen molar-refractivity contribution in [2.45, 2.75) is 19.9 Å². The minimum absolute atomic E-state index is 0.433. The van der Waals surface area contributed by atoms with Crippen molar-refractivity contribution in [1.82, 2.24) is 4.31 Å². The molecule has 48 valence electrons. The minimum Gasteiger partial charge on any atom is -0.305 e. The molecule has 3 heteroatoms. The number of hydrogen-bond acceptors (Lipinski definition) is 2. The monoisotopic (exact) mass is 132 g/mol. The SMILES string of the molecule is CSN(C=N)C(C)C. The van der Waals surface area contributed by atoms with E-state index in [1.54, 1.807) is 11.9 Å². The van der Waals surface area contributed by atoms with Gasteiger partial charge in [-0.15, -0.1) is 0 Å². The van der Waals surface area contributed by atoms with Crippen molar-refractivity contribution >= 4 is 18.3 Å². The summed E-state index contributed by atoms with van der Waals surface area (Å²) in [5.74, 6) is 0. The molecule has 0 aliphatic heterocycles. The molecule has 0 aromatic rings. The highest BCUT2D eigenvalue weighted by Gasteiger charge is 1.99. The van der Waals surface area contributed by atoms with Crippen LogP contribution in [0.2, 0.25) is 0 Å². The van der Waals surface area contributed by atoms with Crippen molar-refractivity contribution in [2.24, 2.45) is 0 Å². The van der Waals surface area contributed by atoms with Crippen LogP contribution in [0.4, 0.5) is 0 Å². The highest BCUT2D eigenvalue weighted by atomic mass is 32.2. The number of nitrogens with one attached hydrogen (secondary N) is 1. The van der Waals surface area contributed by atoms with Crippen LogP contribution in [0.25, 0.3) is 0 Å². The third kappa shape index (κ3) is 2.21. The highest BCUT2D eigenvalue weighted by Crippen LogP contribution is 2.05. The number of nitrogens with zero attached hydrogens (tertiary/aromatic N) is 1. The van der Waals surface area contributed by atoms with Gasteiger partial charge in [0.25, 0.3) is 0 Å². The van der Waals surface area contributed by atoms with E-state index in [0.29, 0.717) is 6.04 Å². The van der Waals surface area contributed by atoms with Gasteiger partial charge in [-0.25, -0.2) is 0 Å². The largest absolute Gasteiger partial charge is 0.305 e. The molecule has 0 amide bonds. The zero-order valence-corrected chi connectivity index (χ0v) is 6.33. The fourth-order valence-electron chi connectivity index (χ4n) is 0.413. The Labute approximate surface area is 54.9 Å². The van der Waals surface area contributed by atoms with E-state index in [-0.39, 0.29) is 0 Å². The van der Waals surface area contributed by atoms with Crippen LogP contribution in [-0.2, 0) is 0 Å². The van der Waals surface area contributed by atoms with Crippen molar-refractivity contribution in [2.75, 3.05) is 6.26 Å². The van der Waals surface area contributed by atoms with Crippen molar-refractivity contribution in [3.63, 3.8) is 0 Å². The van der Waals surface area contributed by atoms with Crippen molar-refractivity contribution in [3.05, 3.63) is 0 Å². The van der Waals surface area contributed by atoms with Crippen LogP contribution in [0.1, 0.15) is 13.8 Å². The summed E-state index contributed by atoms with van der Waals surface area (Å²) >= 11 is 1.57. The van der Waals surface area contributed by atoms with Crippen LogP contribution in [-0.4, -0.2) is 22.9 Å². The molecule has 0 aliphatic carbocycles. The predicted octanol–water partition coefficient (Wildman–Crippen LogP) is 1.58. The van der Waals surface area contributed by atoms with E-state index in [9.17, 15) is 0 Å². The van der Waals surface area contributed by atoms with E-state index >= 15 is 0 Å². The summed E-state index contributed by atoms with van der Waals surface area (Å²) < 4.78 is 1.88. The molecule has 0 saturated heterocycles. The van der Waals surface area contributed by atoms with Gasteiger partial charge >= 0.3 is 0 Å². The van der Waals surface area contributed by atoms with Gasteiger partial charge in [0.05, 0.1) is 6.34 Å². The lowest BCUT2D eigenvalue weighted by Gasteiger charge is -2.18. The van der Waals surface area contributed by atoms with Crippen molar-refractivity contribution in [1.29, 1.82) is 5.41 Å². The van der Waals surface area contributed by atoms with Gasteiger partial charge in [0.15, 0.2) is 0 Å². The maximum atomic E-state index is 6.87. The van der Waals surface area contributed by atoms with Crippen LogP contribution in [0.5, 0.6) is 0 Å². The maximum absolute atomic E-state index is 6.87. The second kappa shape index (κ2) is 3.78. The Hall–Kier alpha value is -0.180. The maximum Gasteiger partial charge on any atom is 0.0919 e. The van der Waals surface area contributed by atoms with Gasteiger partial charge in [0.1, 0.15) is 0 Å². The Bertz CT molecular complexity index is 72.8. The zero-order chi connectivity index (χ0) is 6.57. The molecule has 0 rings (SSSR count). The molecule has 1 N–H and O–H groups in total. The molecule has 2 nitrogen and oxygen atoms in total. The summed E-state index contributed by atoms with van der Waals surface area (Å²) in [5.41, 5.74) is 0. The molecule has 0 aliphatic rings. The average Bonchev–Trinajstić information content (AvgIpc) is 1.69. The van der Waals surface area contributed by atoms with Gasteiger partial charge in [0.2, 0.25) is 0 Å². The third-order valence-corrected chi connectivity index (χ3v) is 1.80. The minimum atomic E-state index is 0.433. The molecular weight excluding hydrogens is 120 g/mol. The van der Waals surface area contributed by atoms with Crippen molar-refractivity contribution < 1.29 is 0 Å². The summed E-state index contributed by atoms with van der Waals surface area (Å²) in [7, 11) is 0. The Morgan fingerprint density at radius 1 is 1.62 bits per heavy atom. The predicted molar refractivity (Wildman–Crippen MR) is 39.3 cm³/mol. The molecule has 0 radical (unpaired) electrons. The first kappa shape index (κ1) is 7.82. The van der Waals surface area contributed by atoms with Gasteiger partial charge in [0, 0.05) is 12.3 Å². The second-order valence-corrected chi connectivity index (χ2v) is 2.55. The number of rotatable bonds is 3. The fraction of sp³-hybridized carbons (Fsp3) is 0.800. The molecule has 0 aromatic carbocycles. The van der Waals surface area contributed by atoms with Gasteiger partial charge in [-0.3, -0.25) is 5.41 Å². The van der Waals surface area contributed by atoms with Gasteiger partial charge in [-0.1, -0.05) is 11.9 Å². The van der Waals surface area contributed by atoms with Gasteiger partial charge in [-0.2, -0.15) is 0 Å². The third-order valence-electron chi connectivity index (χ3n) is 0.847. The smallest absolute Gasteiger partial charge is 0.0919 e. The van der Waals surface area contributed by atoms with E-state index in [1.807, 2.05) is 10.6 Å². The molecule has 0 atom stereocenters. The summed E-state index contributed by atoms with van der Waals surface area (Å²) in [6.07, 6.45) is 3.31. The Morgan fingerprint density at radius 3 is 2.12 bits per heavy atom. The van der Waals surface area contributed by atoms with Crippen molar-refractivity contribution in [3.8, 4) is 0 Å². The molecule has 0 unspecified atom stereocenters. The van der Waals surface area contributed by atoms with E-state index in [0.717, 1.165) is 0 Å². The van der Waals surface area contributed by atoms with Crippen LogP contribution in [0, 0.1) is 5.41 Å². The lowest BCUT2D eigenvalue weighted by Crippen LogP contribution is -2.20. The standard InChI is InChI=1S/C5H12N2S/c1-5(2)7(4-6)8-3/h4-6H,1-3H3. The molecule has 0 bridgehead atoms. The normalized spacial score (nSPS) is 9.50. The van der Waals surface area contributed by atoms with Crippen LogP contribution < -0.4 is 0 Å². The van der Waals surface area contributed by atoms with E-state index < -0.39 is 0 Å². The van der Waals surface area contributed by atoms with E-state index in [2.05, 4.69) is 13.8 Å². The fourth-order valence-corrected chi connectivity index (χ4v) is 0.940. The van der Waals surface area contributed by atoms with E-state index in [1.165, 1.54) is 6.34 Å². The topological polar surface area (TPSA) is 27.1 Å². The van der Waals surface area contributed by atoms with Gasteiger partial charge < -0.3 is 4.31 Å². The quantitative estimate of drug-likeness (QED) is 0.358. The first-order valence-electron chi connectivity index (χ1n) is 2.55. The zero-order valence-electron chi connectivity index (χ0n) is 5.51. The average molecular weight is 132 g/mol. The van der Waals surface area contributed by atoms with Crippen LogP contribution in [0.3, 0.4) is 0 Å². The molecule has 0 aromatic heterocycles. The molecule has 0 fully saturated rings. The Kier molecular flexibility index (Phi) is 3.69. The molecular formula is C5H12N2S. The first-order chi connectivity index (χ1) is 3.72. The van der Waals surface area contributed by atoms with Gasteiger partial charge in [-0.05, 0) is 13.8 Å².